The molecule has 1 N–H and O–H groups in total. The van der Waals surface area contributed by atoms with E-state index in [1.54, 1.807) is 30.5 Å². The maximum absolute atomic E-state index is 13.3. The van der Waals surface area contributed by atoms with Crippen molar-refractivity contribution in [3.05, 3.63) is 94.8 Å². The summed E-state index contributed by atoms with van der Waals surface area (Å²) in [5.74, 6) is -0.427. The van der Waals surface area contributed by atoms with E-state index >= 15 is 0 Å². The summed E-state index contributed by atoms with van der Waals surface area (Å²) < 4.78 is 13.3. The van der Waals surface area contributed by atoms with Gasteiger partial charge in [-0.25, -0.2) is 9.37 Å². The van der Waals surface area contributed by atoms with Crippen molar-refractivity contribution >= 4 is 39.7 Å². The second-order valence-electron chi connectivity index (χ2n) is 7.33. The molecule has 0 aliphatic carbocycles. The van der Waals surface area contributed by atoms with Crippen molar-refractivity contribution in [2.75, 3.05) is 4.90 Å². The van der Waals surface area contributed by atoms with Gasteiger partial charge < -0.3 is 10.2 Å². The van der Waals surface area contributed by atoms with Gasteiger partial charge in [-0.3, -0.25) is 9.78 Å². The Labute approximate surface area is 200 Å². The fraction of sp³-hybridized carbons (Fsp3) is 0.160. The Balaban J connectivity index is 1.65. The molecular formula is C25H22ClFN4OS. The first-order chi connectivity index (χ1) is 16.0. The van der Waals surface area contributed by atoms with E-state index in [-0.39, 0.29) is 11.7 Å². The lowest BCUT2D eigenvalue weighted by Gasteiger charge is -2.30. The summed E-state index contributed by atoms with van der Waals surface area (Å²) in [5, 5.41) is 6.17. The van der Waals surface area contributed by atoms with E-state index in [4.69, 9.17) is 16.6 Å². The Morgan fingerprint density at radius 1 is 1.12 bits per heavy atom. The number of nitrogens with zero attached hydrogens (tertiary/aromatic N) is 3. The molecule has 5 nitrogen and oxygen atoms in total. The molecule has 2 aromatic carbocycles. The predicted octanol–water partition coefficient (Wildman–Crippen LogP) is 6.23. The maximum Gasteiger partial charge on any atom is 0.243 e. The number of aromatic nitrogens is 2. The first-order valence-corrected chi connectivity index (χ1v) is 11.7. The molecule has 0 saturated heterocycles. The summed E-state index contributed by atoms with van der Waals surface area (Å²) in [5.41, 5.74) is 3.12. The first-order valence-electron chi connectivity index (χ1n) is 10.5. The van der Waals surface area contributed by atoms with Crippen LogP contribution in [-0.4, -0.2) is 21.9 Å². The summed E-state index contributed by atoms with van der Waals surface area (Å²) in [6.07, 6.45) is 2.26. The van der Waals surface area contributed by atoms with Gasteiger partial charge in [0.2, 0.25) is 5.91 Å². The Bertz CT molecular complexity index is 1200. The van der Waals surface area contributed by atoms with Gasteiger partial charge in [-0.15, -0.1) is 11.3 Å². The first kappa shape index (κ1) is 22.9. The molecule has 0 aliphatic heterocycles. The van der Waals surface area contributed by atoms with Crippen LogP contribution in [-0.2, 0) is 11.3 Å². The zero-order chi connectivity index (χ0) is 23.2. The fourth-order valence-electron chi connectivity index (χ4n) is 3.44. The number of benzene rings is 2. The van der Waals surface area contributed by atoms with Crippen LogP contribution in [0.4, 0.5) is 15.2 Å². The highest BCUT2D eigenvalue weighted by Gasteiger charge is 2.28. The van der Waals surface area contributed by atoms with Crippen LogP contribution >= 0.6 is 22.9 Å². The standard InChI is InChI=1S/C25H22ClFN4OS/c1-2-23(24(32)29-15-20-5-3-4-14-28-20)31(21-12-8-18(26)9-13-21)25-30-22(16-33-25)17-6-10-19(27)11-7-17/h3-14,16,23H,2,15H2,1H3,(H,29,32)/t23-/m1/s1. The molecule has 2 heterocycles. The van der Waals surface area contributed by atoms with Gasteiger partial charge in [0.15, 0.2) is 5.13 Å². The number of nitrogens with one attached hydrogen (secondary N) is 1. The van der Waals surface area contributed by atoms with Gasteiger partial charge in [0.05, 0.1) is 17.9 Å². The molecule has 0 saturated carbocycles. The van der Waals surface area contributed by atoms with Crippen molar-refractivity contribution in [2.45, 2.75) is 25.9 Å². The van der Waals surface area contributed by atoms with Gasteiger partial charge in [0.25, 0.3) is 0 Å². The minimum atomic E-state index is -0.498. The number of pyridine rings is 1. The van der Waals surface area contributed by atoms with E-state index in [1.807, 2.05) is 47.5 Å². The fourth-order valence-corrected chi connectivity index (χ4v) is 4.47. The van der Waals surface area contributed by atoms with E-state index in [0.29, 0.717) is 23.1 Å². The topological polar surface area (TPSA) is 58.1 Å². The lowest BCUT2D eigenvalue weighted by Crippen LogP contribution is -2.44. The average molecular weight is 481 g/mol. The summed E-state index contributed by atoms with van der Waals surface area (Å²) in [6, 6.07) is 18.6. The number of halogens is 2. The Hall–Kier alpha value is -3.29. The van der Waals surface area contributed by atoms with Crippen LogP contribution in [0.5, 0.6) is 0 Å². The van der Waals surface area contributed by atoms with Crippen molar-refractivity contribution < 1.29 is 9.18 Å². The number of carbonyl (C=O) groups excluding carboxylic acids is 1. The van der Waals surface area contributed by atoms with Crippen molar-refractivity contribution in [3.63, 3.8) is 0 Å². The lowest BCUT2D eigenvalue weighted by atomic mass is 10.1. The third-order valence-corrected chi connectivity index (χ3v) is 6.21. The molecule has 2 aromatic heterocycles. The molecule has 4 rings (SSSR count). The van der Waals surface area contributed by atoms with Gasteiger partial charge in [-0.05, 0) is 67.1 Å². The smallest absolute Gasteiger partial charge is 0.243 e. The lowest BCUT2D eigenvalue weighted by molar-refractivity contribution is -0.122. The zero-order valence-corrected chi connectivity index (χ0v) is 19.5. The quantitative estimate of drug-likeness (QED) is 0.324. The van der Waals surface area contributed by atoms with Gasteiger partial charge in [-0.2, -0.15) is 0 Å². The summed E-state index contributed by atoms with van der Waals surface area (Å²) in [4.78, 5) is 24.2. The van der Waals surface area contributed by atoms with Crippen molar-refractivity contribution in [1.82, 2.24) is 15.3 Å². The second kappa shape index (κ2) is 10.6. The van der Waals surface area contributed by atoms with Crippen LogP contribution in [0.25, 0.3) is 11.3 Å². The Morgan fingerprint density at radius 3 is 2.55 bits per heavy atom. The molecule has 4 aromatic rings. The van der Waals surface area contributed by atoms with E-state index in [1.165, 1.54) is 23.5 Å². The highest BCUT2D eigenvalue weighted by atomic mass is 35.5. The molecule has 0 spiro atoms. The molecule has 0 unspecified atom stereocenters. The van der Waals surface area contributed by atoms with Gasteiger partial charge in [0.1, 0.15) is 11.9 Å². The molecule has 168 valence electrons. The molecule has 0 aliphatic rings. The number of rotatable bonds is 8. The monoisotopic (exact) mass is 480 g/mol. The van der Waals surface area contributed by atoms with Crippen LogP contribution in [0.2, 0.25) is 5.02 Å². The van der Waals surface area contributed by atoms with Gasteiger partial charge >= 0.3 is 0 Å². The molecule has 0 radical (unpaired) electrons. The average Bonchev–Trinajstić information content (AvgIpc) is 3.32. The highest BCUT2D eigenvalue weighted by molar-refractivity contribution is 7.14. The van der Waals surface area contributed by atoms with Gasteiger partial charge in [-0.1, -0.05) is 24.6 Å². The maximum atomic E-state index is 13.3. The van der Waals surface area contributed by atoms with E-state index in [2.05, 4.69) is 10.3 Å². The molecule has 1 atom stereocenters. The van der Waals surface area contributed by atoms with Crippen LogP contribution in [0.15, 0.2) is 78.3 Å². The second-order valence-corrected chi connectivity index (χ2v) is 8.60. The number of hydrogen-bond acceptors (Lipinski definition) is 5. The minimum Gasteiger partial charge on any atom is -0.349 e. The van der Waals surface area contributed by atoms with E-state index in [9.17, 15) is 9.18 Å². The number of amides is 1. The molecule has 33 heavy (non-hydrogen) atoms. The van der Waals surface area contributed by atoms with Crippen LogP contribution in [0, 0.1) is 5.82 Å². The van der Waals surface area contributed by atoms with Gasteiger partial charge in [0, 0.05) is 27.9 Å². The third kappa shape index (κ3) is 5.56. The van der Waals surface area contributed by atoms with Crippen molar-refractivity contribution in [2.24, 2.45) is 0 Å². The normalized spacial score (nSPS) is 11.7. The van der Waals surface area contributed by atoms with E-state index < -0.39 is 6.04 Å². The Kier molecular flexibility index (Phi) is 7.32. The largest absolute Gasteiger partial charge is 0.349 e. The minimum absolute atomic E-state index is 0.128. The molecule has 0 fully saturated rings. The zero-order valence-electron chi connectivity index (χ0n) is 17.9. The molecule has 8 heteroatoms. The SMILES string of the molecule is CC[C@H](C(=O)NCc1ccccn1)N(c1ccc(Cl)cc1)c1nc(-c2ccc(F)cc2)cs1. The predicted molar refractivity (Wildman–Crippen MR) is 131 cm³/mol. The summed E-state index contributed by atoms with van der Waals surface area (Å²) in [6.45, 7) is 2.30. The number of thiazole rings is 1. The number of anilines is 2. The Morgan fingerprint density at radius 2 is 1.88 bits per heavy atom. The summed E-state index contributed by atoms with van der Waals surface area (Å²) >= 11 is 7.53. The van der Waals surface area contributed by atoms with Crippen LogP contribution in [0.1, 0.15) is 19.0 Å². The van der Waals surface area contributed by atoms with Crippen molar-refractivity contribution in [1.29, 1.82) is 0 Å². The van der Waals surface area contributed by atoms with Crippen LogP contribution < -0.4 is 10.2 Å². The number of hydrogen-bond donors (Lipinski definition) is 1. The molecule has 0 bridgehead atoms. The van der Waals surface area contributed by atoms with E-state index in [0.717, 1.165) is 22.6 Å². The van der Waals surface area contributed by atoms with Crippen molar-refractivity contribution in [3.8, 4) is 11.3 Å². The third-order valence-electron chi connectivity index (χ3n) is 5.11. The van der Waals surface area contributed by atoms with Crippen LogP contribution in [0.3, 0.4) is 0 Å². The summed E-state index contributed by atoms with van der Waals surface area (Å²) in [7, 11) is 0. The molecule has 1 amide bonds. The molecular weight excluding hydrogens is 459 g/mol. The highest BCUT2D eigenvalue weighted by Crippen LogP contribution is 2.35. The number of carbonyl (C=O) groups is 1.